The van der Waals surface area contributed by atoms with Gasteiger partial charge in [-0.05, 0) is 13.0 Å². The summed E-state index contributed by atoms with van der Waals surface area (Å²) in [5.74, 6) is 0.438. The third-order valence-electron chi connectivity index (χ3n) is 3.14. The first-order valence-corrected chi connectivity index (χ1v) is 8.27. The van der Waals surface area contributed by atoms with Crippen LogP contribution in [0.1, 0.15) is 11.3 Å². The number of nitrogens with zero attached hydrogens (tertiary/aromatic N) is 3. The van der Waals surface area contributed by atoms with Gasteiger partial charge >= 0.3 is 5.97 Å². The molecule has 0 unspecified atom stereocenters. The van der Waals surface area contributed by atoms with E-state index < -0.39 is 0 Å². The molecule has 7 heteroatoms. The van der Waals surface area contributed by atoms with Crippen LogP contribution in [0.4, 0.5) is 0 Å². The van der Waals surface area contributed by atoms with Crippen LogP contribution in [0.15, 0.2) is 58.5 Å². The minimum atomic E-state index is -0.354. The summed E-state index contributed by atoms with van der Waals surface area (Å²) < 4.78 is 10.5. The predicted octanol–water partition coefficient (Wildman–Crippen LogP) is 3.28. The third kappa shape index (κ3) is 4.42. The molecule has 3 aromatic rings. The van der Waals surface area contributed by atoms with E-state index in [2.05, 4.69) is 15.1 Å². The summed E-state index contributed by atoms with van der Waals surface area (Å²) in [5.41, 5.74) is 2.68. The van der Waals surface area contributed by atoms with Crippen LogP contribution < -0.4 is 0 Å². The van der Waals surface area contributed by atoms with E-state index in [1.54, 1.807) is 24.5 Å². The van der Waals surface area contributed by atoms with Crippen molar-refractivity contribution in [2.24, 2.45) is 0 Å². The largest absolute Gasteiger partial charge is 0.458 e. The lowest BCUT2D eigenvalue weighted by Gasteiger charge is -2.01. The molecule has 122 valence electrons. The fourth-order valence-corrected chi connectivity index (χ4v) is 2.51. The van der Waals surface area contributed by atoms with Crippen molar-refractivity contribution < 1.29 is 14.1 Å². The van der Waals surface area contributed by atoms with Gasteiger partial charge in [-0.2, -0.15) is 0 Å². The summed E-state index contributed by atoms with van der Waals surface area (Å²) in [5, 5.41) is 4.46. The SMILES string of the molecule is Cc1ccc(-c2cc(COC(=O)CSc3ncccn3)no2)cc1. The highest BCUT2D eigenvalue weighted by molar-refractivity contribution is 7.99. The van der Waals surface area contributed by atoms with Crippen LogP contribution in [0, 0.1) is 6.92 Å². The second-order valence-corrected chi connectivity index (χ2v) is 5.97. The first-order valence-electron chi connectivity index (χ1n) is 7.29. The summed E-state index contributed by atoms with van der Waals surface area (Å²) in [6.07, 6.45) is 3.26. The topological polar surface area (TPSA) is 78.1 Å². The van der Waals surface area contributed by atoms with Gasteiger partial charge in [-0.25, -0.2) is 9.97 Å². The van der Waals surface area contributed by atoms with Crippen molar-refractivity contribution >= 4 is 17.7 Å². The summed E-state index contributed by atoms with van der Waals surface area (Å²) in [6.45, 7) is 2.10. The Hall–Kier alpha value is -2.67. The maximum absolute atomic E-state index is 11.7. The van der Waals surface area contributed by atoms with Crippen molar-refractivity contribution in [3.63, 3.8) is 0 Å². The molecule has 0 bridgehead atoms. The van der Waals surface area contributed by atoms with E-state index in [4.69, 9.17) is 9.26 Å². The van der Waals surface area contributed by atoms with Crippen molar-refractivity contribution in [3.8, 4) is 11.3 Å². The lowest BCUT2D eigenvalue weighted by Crippen LogP contribution is -2.07. The highest BCUT2D eigenvalue weighted by Crippen LogP contribution is 2.21. The lowest BCUT2D eigenvalue weighted by molar-refractivity contribution is -0.141. The molecule has 0 aliphatic heterocycles. The van der Waals surface area contributed by atoms with Gasteiger partial charge in [0, 0.05) is 24.0 Å². The number of esters is 1. The normalized spacial score (nSPS) is 10.5. The Morgan fingerprint density at radius 3 is 2.71 bits per heavy atom. The van der Waals surface area contributed by atoms with Crippen molar-refractivity contribution in [2.75, 3.05) is 5.75 Å². The minimum Gasteiger partial charge on any atom is -0.458 e. The number of thioether (sulfide) groups is 1. The zero-order chi connectivity index (χ0) is 16.8. The lowest BCUT2D eigenvalue weighted by atomic mass is 10.1. The number of rotatable bonds is 6. The molecule has 1 aromatic carbocycles. The molecular formula is C17H15N3O3S. The molecule has 24 heavy (non-hydrogen) atoms. The highest BCUT2D eigenvalue weighted by Gasteiger charge is 2.10. The van der Waals surface area contributed by atoms with E-state index in [1.165, 1.54) is 17.3 Å². The van der Waals surface area contributed by atoms with Crippen molar-refractivity contribution in [1.29, 1.82) is 0 Å². The molecule has 3 rings (SSSR count). The molecule has 0 saturated heterocycles. The Morgan fingerprint density at radius 1 is 1.21 bits per heavy atom. The number of carbonyl (C=O) groups is 1. The number of hydrogen-bond acceptors (Lipinski definition) is 7. The third-order valence-corrected chi connectivity index (χ3v) is 3.99. The van der Waals surface area contributed by atoms with Crippen LogP contribution in [0.25, 0.3) is 11.3 Å². The zero-order valence-electron chi connectivity index (χ0n) is 13.0. The van der Waals surface area contributed by atoms with Crippen molar-refractivity contribution in [2.45, 2.75) is 18.7 Å². The van der Waals surface area contributed by atoms with Gasteiger partial charge in [-0.15, -0.1) is 0 Å². The quantitative estimate of drug-likeness (QED) is 0.387. The number of carbonyl (C=O) groups excluding carboxylic acids is 1. The molecule has 2 heterocycles. The van der Waals surface area contributed by atoms with E-state index in [9.17, 15) is 4.79 Å². The molecule has 0 amide bonds. The number of benzene rings is 1. The van der Waals surface area contributed by atoms with Gasteiger partial charge in [-0.1, -0.05) is 46.7 Å². The second kappa shape index (κ2) is 7.74. The van der Waals surface area contributed by atoms with Crippen LogP contribution in [0.2, 0.25) is 0 Å². The molecule has 0 atom stereocenters. The maximum atomic E-state index is 11.7. The molecule has 0 spiro atoms. The van der Waals surface area contributed by atoms with Crippen molar-refractivity contribution in [3.05, 3.63) is 60.0 Å². The molecule has 0 aliphatic rings. The Balaban J connectivity index is 1.50. The Morgan fingerprint density at radius 2 is 1.96 bits per heavy atom. The number of aromatic nitrogens is 3. The van der Waals surface area contributed by atoms with E-state index in [1.807, 2.05) is 31.2 Å². The van der Waals surface area contributed by atoms with Crippen LogP contribution in [-0.4, -0.2) is 26.8 Å². The van der Waals surface area contributed by atoms with Crippen LogP contribution in [-0.2, 0) is 16.1 Å². The van der Waals surface area contributed by atoms with Gasteiger partial charge in [-0.3, -0.25) is 4.79 Å². The number of hydrogen-bond donors (Lipinski definition) is 0. The summed E-state index contributed by atoms with van der Waals surface area (Å²) >= 11 is 1.23. The van der Waals surface area contributed by atoms with Gasteiger partial charge in [0.2, 0.25) is 0 Å². The molecule has 0 fully saturated rings. The van der Waals surface area contributed by atoms with Crippen LogP contribution in [0.5, 0.6) is 0 Å². The van der Waals surface area contributed by atoms with E-state index in [-0.39, 0.29) is 18.3 Å². The Labute approximate surface area is 143 Å². The van der Waals surface area contributed by atoms with Gasteiger partial charge in [0.25, 0.3) is 0 Å². The number of aryl methyl sites for hydroxylation is 1. The average molecular weight is 341 g/mol. The second-order valence-electron chi connectivity index (χ2n) is 5.03. The average Bonchev–Trinajstić information content (AvgIpc) is 3.09. The standard InChI is InChI=1S/C17H15N3O3S/c1-12-3-5-13(6-4-12)15-9-14(20-23-15)10-22-16(21)11-24-17-18-7-2-8-19-17/h2-9H,10-11H2,1H3. The summed E-state index contributed by atoms with van der Waals surface area (Å²) in [7, 11) is 0. The van der Waals surface area contributed by atoms with Crippen molar-refractivity contribution in [1.82, 2.24) is 15.1 Å². The monoisotopic (exact) mass is 341 g/mol. The minimum absolute atomic E-state index is 0.0738. The molecule has 0 aliphatic carbocycles. The maximum Gasteiger partial charge on any atom is 0.316 e. The first kappa shape index (κ1) is 16.2. The molecule has 2 aromatic heterocycles. The van der Waals surface area contributed by atoms with E-state index in [0.717, 1.165) is 5.56 Å². The summed E-state index contributed by atoms with van der Waals surface area (Å²) in [6, 6.07) is 11.4. The smallest absolute Gasteiger partial charge is 0.316 e. The van der Waals surface area contributed by atoms with E-state index in [0.29, 0.717) is 16.6 Å². The molecule has 0 N–H and O–H groups in total. The van der Waals surface area contributed by atoms with Gasteiger partial charge in [0.1, 0.15) is 12.3 Å². The summed E-state index contributed by atoms with van der Waals surface area (Å²) in [4.78, 5) is 19.8. The molecule has 6 nitrogen and oxygen atoms in total. The molecule has 0 radical (unpaired) electrons. The van der Waals surface area contributed by atoms with Gasteiger partial charge in [0.15, 0.2) is 10.9 Å². The molecule has 0 saturated carbocycles. The van der Waals surface area contributed by atoms with Gasteiger partial charge < -0.3 is 9.26 Å². The number of ether oxygens (including phenoxy) is 1. The fraction of sp³-hybridized carbons (Fsp3) is 0.176. The Bertz CT molecular complexity index is 803. The highest BCUT2D eigenvalue weighted by atomic mass is 32.2. The Kier molecular flexibility index (Phi) is 5.22. The first-order chi connectivity index (χ1) is 11.7. The van der Waals surface area contributed by atoms with Crippen LogP contribution >= 0.6 is 11.8 Å². The fourth-order valence-electron chi connectivity index (χ4n) is 1.91. The zero-order valence-corrected chi connectivity index (χ0v) is 13.8. The predicted molar refractivity (Wildman–Crippen MR) is 89.2 cm³/mol. The molecular weight excluding hydrogens is 326 g/mol. The van der Waals surface area contributed by atoms with Crippen LogP contribution in [0.3, 0.4) is 0 Å². The van der Waals surface area contributed by atoms with Gasteiger partial charge in [0.05, 0.1) is 5.75 Å². The van der Waals surface area contributed by atoms with E-state index >= 15 is 0 Å².